The third-order valence-corrected chi connectivity index (χ3v) is 4.67. The highest BCUT2D eigenvalue weighted by Crippen LogP contribution is 2.19. The van der Waals surface area contributed by atoms with Gasteiger partial charge in [0.2, 0.25) is 11.8 Å². The van der Waals surface area contributed by atoms with Gasteiger partial charge in [0.05, 0.1) is 13.0 Å². The summed E-state index contributed by atoms with van der Waals surface area (Å²) in [5, 5.41) is 11.8. The Morgan fingerprint density at radius 1 is 1.04 bits per heavy atom. The Hall–Kier alpha value is -2.73. The van der Waals surface area contributed by atoms with Gasteiger partial charge < -0.3 is 9.73 Å². The van der Waals surface area contributed by atoms with Crippen molar-refractivity contribution in [2.75, 3.05) is 25.0 Å². The molecule has 0 aliphatic carbocycles. The number of nitrogens with one attached hydrogen (secondary N) is 1. The first-order valence-corrected chi connectivity index (χ1v) is 9.07. The van der Waals surface area contributed by atoms with Crippen molar-refractivity contribution < 1.29 is 4.42 Å². The van der Waals surface area contributed by atoms with Crippen molar-refractivity contribution in [2.24, 2.45) is 5.92 Å². The minimum absolute atomic E-state index is 0.615. The summed E-state index contributed by atoms with van der Waals surface area (Å²) in [5.41, 5.74) is 1.18. The fourth-order valence-corrected chi connectivity index (χ4v) is 3.32. The Labute approximate surface area is 153 Å². The molecule has 1 fully saturated rings. The molecular weight excluding hydrogens is 326 g/mol. The third-order valence-electron chi connectivity index (χ3n) is 4.67. The Morgan fingerprint density at radius 2 is 1.88 bits per heavy atom. The van der Waals surface area contributed by atoms with Gasteiger partial charge in [-0.05, 0) is 36.6 Å². The van der Waals surface area contributed by atoms with Gasteiger partial charge in [-0.15, -0.1) is 10.2 Å². The van der Waals surface area contributed by atoms with E-state index in [0.717, 1.165) is 32.0 Å². The van der Waals surface area contributed by atoms with Crippen LogP contribution >= 0.6 is 0 Å². The number of pyridine rings is 1. The SMILES string of the molecule is c1ccc(Cc2nnc(CN3CCC(CNc4ccccn4)C3)o2)cc1. The van der Waals surface area contributed by atoms with Crippen LogP contribution in [0.3, 0.4) is 0 Å². The van der Waals surface area contributed by atoms with Gasteiger partial charge in [0.1, 0.15) is 5.82 Å². The predicted molar refractivity (Wildman–Crippen MR) is 99.7 cm³/mol. The molecule has 1 atom stereocenters. The zero-order valence-electron chi connectivity index (χ0n) is 14.7. The van der Waals surface area contributed by atoms with Crippen LogP contribution in [0.2, 0.25) is 0 Å². The van der Waals surface area contributed by atoms with E-state index >= 15 is 0 Å². The number of benzene rings is 1. The van der Waals surface area contributed by atoms with Crippen molar-refractivity contribution in [2.45, 2.75) is 19.4 Å². The highest BCUT2D eigenvalue weighted by molar-refractivity contribution is 5.33. The normalized spacial score (nSPS) is 17.5. The number of hydrogen-bond donors (Lipinski definition) is 1. The minimum atomic E-state index is 0.615. The molecular formula is C20H23N5O. The van der Waals surface area contributed by atoms with E-state index in [1.54, 1.807) is 0 Å². The monoisotopic (exact) mass is 349 g/mol. The van der Waals surface area contributed by atoms with E-state index in [-0.39, 0.29) is 0 Å². The van der Waals surface area contributed by atoms with Gasteiger partial charge >= 0.3 is 0 Å². The second-order valence-electron chi connectivity index (χ2n) is 6.74. The molecule has 1 aromatic carbocycles. The zero-order chi connectivity index (χ0) is 17.6. The Balaban J connectivity index is 1.25. The Morgan fingerprint density at radius 3 is 2.73 bits per heavy atom. The molecule has 1 aliphatic heterocycles. The molecule has 3 aromatic rings. The molecule has 0 spiro atoms. The van der Waals surface area contributed by atoms with Crippen LogP contribution in [0.15, 0.2) is 59.1 Å². The minimum Gasteiger partial charge on any atom is -0.424 e. The first kappa shape index (κ1) is 16.7. The maximum Gasteiger partial charge on any atom is 0.230 e. The lowest BCUT2D eigenvalue weighted by molar-refractivity contribution is 0.278. The molecule has 0 amide bonds. The van der Waals surface area contributed by atoms with Gasteiger partial charge in [-0.25, -0.2) is 4.98 Å². The molecule has 1 N–H and O–H groups in total. The standard InChI is InChI=1S/C20H23N5O/c1-2-6-16(7-3-1)12-19-23-24-20(26-19)15-25-11-9-17(14-25)13-22-18-8-4-5-10-21-18/h1-8,10,17H,9,11-15H2,(H,21,22). The predicted octanol–water partition coefficient (Wildman–Crippen LogP) is 2.99. The molecule has 26 heavy (non-hydrogen) atoms. The quantitative estimate of drug-likeness (QED) is 0.707. The van der Waals surface area contributed by atoms with Crippen LogP contribution in [-0.2, 0) is 13.0 Å². The third kappa shape index (κ3) is 4.46. The molecule has 134 valence electrons. The second-order valence-corrected chi connectivity index (χ2v) is 6.74. The molecule has 6 nitrogen and oxygen atoms in total. The van der Waals surface area contributed by atoms with Crippen molar-refractivity contribution in [3.8, 4) is 0 Å². The number of anilines is 1. The van der Waals surface area contributed by atoms with Gasteiger partial charge in [-0.3, -0.25) is 4.90 Å². The van der Waals surface area contributed by atoms with Crippen molar-refractivity contribution >= 4 is 5.82 Å². The maximum atomic E-state index is 5.82. The smallest absolute Gasteiger partial charge is 0.230 e. The molecule has 0 saturated carbocycles. The number of nitrogens with zero attached hydrogens (tertiary/aromatic N) is 4. The van der Waals surface area contributed by atoms with Gasteiger partial charge in [-0.2, -0.15) is 0 Å². The van der Waals surface area contributed by atoms with Crippen LogP contribution in [-0.4, -0.2) is 39.7 Å². The molecule has 2 aromatic heterocycles. The van der Waals surface area contributed by atoms with E-state index in [9.17, 15) is 0 Å². The molecule has 1 saturated heterocycles. The number of aromatic nitrogens is 3. The Bertz CT molecular complexity index is 805. The topological polar surface area (TPSA) is 67.1 Å². The fourth-order valence-electron chi connectivity index (χ4n) is 3.32. The van der Waals surface area contributed by atoms with Gasteiger partial charge in [-0.1, -0.05) is 36.4 Å². The summed E-state index contributed by atoms with van der Waals surface area (Å²) >= 11 is 0. The molecule has 1 aliphatic rings. The van der Waals surface area contributed by atoms with Crippen molar-refractivity contribution in [1.29, 1.82) is 0 Å². The first-order valence-electron chi connectivity index (χ1n) is 9.07. The lowest BCUT2D eigenvalue weighted by Gasteiger charge is -2.14. The molecule has 4 rings (SSSR count). The first-order chi connectivity index (χ1) is 12.8. The van der Waals surface area contributed by atoms with E-state index in [2.05, 4.69) is 37.5 Å². The average molecular weight is 349 g/mol. The summed E-state index contributed by atoms with van der Waals surface area (Å²) in [5.74, 6) is 2.94. The summed E-state index contributed by atoms with van der Waals surface area (Å²) in [7, 11) is 0. The molecule has 0 bridgehead atoms. The highest BCUT2D eigenvalue weighted by atomic mass is 16.4. The largest absolute Gasteiger partial charge is 0.424 e. The fraction of sp³-hybridized carbons (Fsp3) is 0.350. The zero-order valence-corrected chi connectivity index (χ0v) is 14.7. The highest BCUT2D eigenvalue weighted by Gasteiger charge is 2.24. The summed E-state index contributed by atoms with van der Waals surface area (Å²) in [6.45, 7) is 3.76. The number of rotatable bonds is 7. The van der Waals surface area contributed by atoms with E-state index < -0.39 is 0 Å². The summed E-state index contributed by atoms with van der Waals surface area (Å²) in [4.78, 5) is 6.69. The summed E-state index contributed by atoms with van der Waals surface area (Å²) in [6, 6.07) is 16.1. The Kier molecular flexibility index (Phi) is 5.21. The van der Waals surface area contributed by atoms with Crippen LogP contribution in [0.4, 0.5) is 5.82 Å². The van der Waals surface area contributed by atoms with Gasteiger partial charge in [0.15, 0.2) is 0 Å². The number of likely N-dealkylation sites (tertiary alicyclic amines) is 1. The maximum absolute atomic E-state index is 5.82. The van der Waals surface area contributed by atoms with E-state index in [1.807, 2.05) is 42.6 Å². The molecule has 0 radical (unpaired) electrons. The lowest BCUT2D eigenvalue weighted by atomic mass is 10.1. The molecule has 6 heteroatoms. The van der Waals surface area contributed by atoms with E-state index in [4.69, 9.17) is 4.42 Å². The molecule has 3 heterocycles. The number of hydrogen-bond acceptors (Lipinski definition) is 6. The van der Waals surface area contributed by atoms with Crippen LogP contribution in [0.25, 0.3) is 0 Å². The van der Waals surface area contributed by atoms with Gasteiger partial charge in [0, 0.05) is 19.3 Å². The van der Waals surface area contributed by atoms with E-state index in [1.165, 1.54) is 12.0 Å². The van der Waals surface area contributed by atoms with Crippen LogP contribution in [0.5, 0.6) is 0 Å². The van der Waals surface area contributed by atoms with Crippen molar-refractivity contribution in [3.05, 3.63) is 72.1 Å². The van der Waals surface area contributed by atoms with Crippen LogP contribution in [0.1, 0.15) is 23.8 Å². The summed E-state index contributed by atoms with van der Waals surface area (Å²) in [6.07, 6.45) is 3.67. The van der Waals surface area contributed by atoms with Crippen molar-refractivity contribution in [3.63, 3.8) is 0 Å². The average Bonchev–Trinajstić information content (AvgIpc) is 3.31. The lowest BCUT2D eigenvalue weighted by Crippen LogP contribution is -2.23. The van der Waals surface area contributed by atoms with Crippen molar-refractivity contribution in [1.82, 2.24) is 20.1 Å². The second kappa shape index (κ2) is 8.10. The molecule has 1 unspecified atom stereocenters. The van der Waals surface area contributed by atoms with Gasteiger partial charge in [0.25, 0.3) is 0 Å². The summed E-state index contributed by atoms with van der Waals surface area (Å²) < 4.78 is 5.82. The van der Waals surface area contributed by atoms with Crippen LogP contribution in [0, 0.1) is 5.92 Å². The van der Waals surface area contributed by atoms with Crippen LogP contribution < -0.4 is 5.32 Å². The van der Waals surface area contributed by atoms with E-state index in [0.29, 0.717) is 24.1 Å².